The van der Waals surface area contributed by atoms with Crippen LogP contribution >= 0.6 is 0 Å². The molecule has 3 atom stereocenters. The molecule has 0 radical (unpaired) electrons. The molecular weight excluding hydrogens is 238 g/mol. The Kier molecular flexibility index (Phi) is 4.67. The second kappa shape index (κ2) is 5.92. The van der Waals surface area contributed by atoms with Crippen molar-refractivity contribution in [1.29, 1.82) is 0 Å². The Balaban J connectivity index is 1.92. The van der Waals surface area contributed by atoms with Crippen molar-refractivity contribution in [1.82, 2.24) is 4.90 Å². The standard InChI is InChI=1S/C16H29NO2/c1-12-10-17(7-8-19-12)11-13-9-14(16(2,3)4)5-6-15(13)18/h12-14H,5-11H2,1-4H3. The largest absolute Gasteiger partial charge is 0.376 e. The minimum atomic E-state index is 0.253. The maximum Gasteiger partial charge on any atom is 0.137 e. The first-order valence-electron chi connectivity index (χ1n) is 7.73. The highest BCUT2D eigenvalue weighted by Crippen LogP contribution is 2.39. The predicted molar refractivity (Wildman–Crippen MR) is 77.1 cm³/mol. The Bertz CT molecular complexity index is 321. The molecule has 0 aromatic carbocycles. The fourth-order valence-electron chi connectivity index (χ4n) is 3.44. The van der Waals surface area contributed by atoms with Gasteiger partial charge in [0.2, 0.25) is 0 Å². The Hall–Kier alpha value is -0.410. The van der Waals surface area contributed by atoms with Crippen LogP contribution in [0, 0.1) is 17.3 Å². The number of hydrogen-bond donors (Lipinski definition) is 0. The Morgan fingerprint density at radius 2 is 2.11 bits per heavy atom. The number of ether oxygens (including phenoxy) is 1. The minimum Gasteiger partial charge on any atom is -0.376 e. The SMILES string of the molecule is CC1CN(CC2CC(C(C)(C)C)CCC2=O)CCO1. The first-order valence-corrected chi connectivity index (χ1v) is 7.73. The smallest absolute Gasteiger partial charge is 0.137 e. The van der Waals surface area contributed by atoms with Crippen LogP contribution in [0.3, 0.4) is 0 Å². The molecular formula is C16H29NO2. The Morgan fingerprint density at radius 3 is 2.74 bits per heavy atom. The van der Waals surface area contributed by atoms with Crippen molar-refractivity contribution in [2.24, 2.45) is 17.3 Å². The molecule has 0 bridgehead atoms. The predicted octanol–water partition coefficient (Wildman–Crippen LogP) is 2.74. The topological polar surface area (TPSA) is 29.5 Å². The monoisotopic (exact) mass is 267 g/mol. The number of nitrogens with zero attached hydrogens (tertiary/aromatic N) is 1. The number of carbonyl (C=O) groups excluding carboxylic acids is 1. The van der Waals surface area contributed by atoms with E-state index >= 15 is 0 Å². The Labute approximate surface area is 117 Å². The number of Topliss-reactive ketones (excluding diaryl/α,β-unsaturated/α-hetero) is 1. The third kappa shape index (κ3) is 4.03. The van der Waals surface area contributed by atoms with Crippen molar-refractivity contribution >= 4 is 5.78 Å². The molecule has 3 heteroatoms. The molecule has 0 aromatic heterocycles. The third-order valence-electron chi connectivity index (χ3n) is 4.79. The summed E-state index contributed by atoms with van der Waals surface area (Å²) in [5, 5.41) is 0. The lowest BCUT2D eigenvalue weighted by Crippen LogP contribution is -2.46. The van der Waals surface area contributed by atoms with E-state index < -0.39 is 0 Å². The van der Waals surface area contributed by atoms with Gasteiger partial charge in [-0.05, 0) is 31.1 Å². The molecule has 19 heavy (non-hydrogen) atoms. The lowest BCUT2D eigenvalue weighted by Gasteiger charge is -2.40. The molecule has 1 saturated carbocycles. The summed E-state index contributed by atoms with van der Waals surface area (Å²) in [5.74, 6) is 1.43. The van der Waals surface area contributed by atoms with Crippen molar-refractivity contribution in [3.8, 4) is 0 Å². The Morgan fingerprint density at radius 1 is 1.37 bits per heavy atom. The quantitative estimate of drug-likeness (QED) is 0.770. The molecule has 1 saturated heterocycles. The van der Waals surface area contributed by atoms with Crippen molar-refractivity contribution in [2.75, 3.05) is 26.2 Å². The normalized spacial score (nSPS) is 34.5. The van der Waals surface area contributed by atoms with Gasteiger partial charge < -0.3 is 4.74 Å². The van der Waals surface area contributed by atoms with Crippen LogP contribution in [0.5, 0.6) is 0 Å². The van der Waals surface area contributed by atoms with Gasteiger partial charge in [-0.1, -0.05) is 20.8 Å². The van der Waals surface area contributed by atoms with Gasteiger partial charge >= 0.3 is 0 Å². The molecule has 110 valence electrons. The molecule has 1 heterocycles. The van der Waals surface area contributed by atoms with Crippen molar-refractivity contribution in [3.05, 3.63) is 0 Å². The summed E-state index contributed by atoms with van der Waals surface area (Å²) in [6, 6.07) is 0. The van der Waals surface area contributed by atoms with Crippen LogP contribution in [0.1, 0.15) is 47.0 Å². The zero-order valence-corrected chi connectivity index (χ0v) is 12.9. The second-order valence-corrected chi connectivity index (χ2v) is 7.44. The molecule has 3 unspecified atom stereocenters. The molecule has 0 amide bonds. The molecule has 2 rings (SSSR count). The summed E-state index contributed by atoms with van der Waals surface area (Å²) in [4.78, 5) is 14.6. The molecule has 0 aromatic rings. The zero-order chi connectivity index (χ0) is 14.0. The number of morpholine rings is 1. The average molecular weight is 267 g/mol. The van der Waals surface area contributed by atoms with E-state index in [0.29, 0.717) is 23.2 Å². The summed E-state index contributed by atoms with van der Waals surface area (Å²) < 4.78 is 5.57. The van der Waals surface area contributed by atoms with Crippen LogP contribution in [0.2, 0.25) is 0 Å². The lowest BCUT2D eigenvalue weighted by atomic mass is 9.68. The number of rotatable bonds is 2. The molecule has 3 nitrogen and oxygen atoms in total. The van der Waals surface area contributed by atoms with Crippen molar-refractivity contribution < 1.29 is 9.53 Å². The van der Waals surface area contributed by atoms with Crippen LogP contribution in [0.15, 0.2) is 0 Å². The first kappa shape index (κ1) is 15.0. The van der Waals surface area contributed by atoms with Gasteiger partial charge in [-0.15, -0.1) is 0 Å². The molecule has 1 aliphatic heterocycles. The fourth-order valence-corrected chi connectivity index (χ4v) is 3.44. The van der Waals surface area contributed by atoms with E-state index in [2.05, 4.69) is 32.6 Å². The minimum absolute atomic E-state index is 0.253. The van der Waals surface area contributed by atoms with Gasteiger partial charge in [-0.2, -0.15) is 0 Å². The molecule has 0 N–H and O–H groups in total. The van der Waals surface area contributed by atoms with Gasteiger partial charge in [0, 0.05) is 32.0 Å². The van der Waals surface area contributed by atoms with Gasteiger partial charge in [0.25, 0.3) is 0 Å². The van der Waals surface area contributed by atoms with Gasteiger partial charge in [0.05, 0.1) is 12.7 Å². The molecule has 1 aliphatic carbocycles. The molecule has 2 fully saturated rings. The van der Waals surface area contributed by atoms with E-state index in [4.69, 9.17) is 4.74 Å². The number of carbonyl (C=O) groups is 1. The second-order valence-electron chi connectivity index (χ2n) is 7.44. The summed E-state index contributed by atoms with van der Waals surface area (Å²) in [6.07, 6.45) is 3.25. The van der Waals surface area contributed by atoms with Crippen LogP contribution in [0.25, 0.3) is 0 Å². The van der Waals surface area contributed by atoms with Gasteiger partial charge in [0.1, 0.15) is 5.78 Å². The summed E-state index contributed by atoms with van der Waals surface area (Å²) in [6.45, 7) is 12.7. The summed E-state index contributed by atoms with van der Waals surface area (Å²) >= 11 is 0. The average Bonchev–Trinajstić information content (AvgIpc) is 2.30. The molecule has 0 spiro atoms. The highest BCUT2D eigenvalue weighted by molar-refractivity contribution is 5.82. The van der Waals surface area contributed by atoms with Crippen LogP contribution in [-0.2, 0) is 9.53 Å². The van der Waals surface area contributed by atoms with Gasteiger partial charge in [-0.3, -0.25) is 9.69 Å². The van der Waals surface area contributed by atoms with Crippen molar-refractivity contribution in [3.63, 3.8) is 0 Å². The van der Waals surface area contributed by atoms with E-state index in [1.165, 1.54) is 0 Å². The van der Waals surface area contributed by atoms with Crippen LogP contribution < -0.4 is 0 Å². The van der Waals surface area contributed by atoms with E-state index in [1.807, 2.05) is 0 Å². The third-order valence-corrected chi connectivity index (χ3v) is 4.79. The van der Waals surface area contributed by atoms with E-state index in [0.717, 1.165) is 45.5 Å². The van der Waals surface area contributed by atoms with Gasteiger partial charge in [-0.25, -0.2) is 0 Å². The lowest BCUT2D eigenvalue weighted by molar-refractivity contribution is -0.128. The highest BCUT2D eigenvalue weighted by Gasteiger charge is 2.35. The van der Waals surface area contributed by atoms with E-state index in [-0.39, 0.29) is 5.92 Å². The van der Waals surface area contributed by atoms with Crippen LogP contribution in [-0.4, -0.2) is 43.0 Å². The molecule has 2 aliphatic rings. The van der Waals surface area contributed by atoms with E-state index in [9.17, 15) is 4.79 Å². The summed E-state index contributed by atoms with van der Waals surface area (Å²) in [7, 11) is 0. The maximum atomic E-state index is 12.2. The highest BCUT2D eigenvalue weighted by atomic mass is 16.5. The fraction of sp³-hybridized carbons (Fsp3) is 0.938. The number of hydrogen-bond acceptors (Lipinski definition) is 3. The van der Waals surface area contributed by atoms with Gasteiger partial charge in [0.15, 0.2) is 0 Å². The van der Waals surface area contributed by atoms with Crippen molar-refractivity contribution in [2.45, 2.75) is 53.1 Å². The number of ketones is 1. The van der Waals surface area contributed by atoms with E-state index in [1.54, 1.807) is 0 Å². The van der Waals surface area contributed by atoms with Crippen LogP contribution in [0.4, 0.5) is 0 Å². The maximum absolute atomic E-state index is 12.2. The summed E-state index contributed by atoms with van der Waals surface area (Å²) in [5.41, 5.74) is 0.331. The zero-order valence-electron chi connectivity index (χ0n) is 12.9. The first-order chi connectivity index (χ1) is 8.86.